The van der Waals surface area contributed by atoms with Gasteiger partial charge in [0, 0.05) is 6.92 Å². The van der Waals surface area contributed by atoms with E-state index < -0.39 is 18.5 Å². The number of hydrogen-bond donors (Lipinski definition) is 4. The van der Waals surface area contributed by atoms with Crippen LogP contribution in [0.3, 0.4) is 0 Å². The van der Waals surface area contributed by atoms with Gasteiger partial charge in [0.1, 0.15) is 17.2 Å². The minimum absolute atomic E-state index is 0.0639. The second-order valence-corrected chi connectivity index (χ2v) is 6.91. The molecule has 0 fully saturated rings. The van der Waals surface area contributed by atoms with Crippen molar-refractivity contribution in [2.24, 2.45) is 21.7 Å². The molecule has 0 saturated heterocycles. The summed E-state index contributed by atoms with van der Waals surface area (Å²) in [6, 6.07) is 9.21. The highest BCUT2D eigenvalue weighted by Gasteiger charge is 2.15. The number of para-hydroxylation sites is 1. The molecule has 1 amide bonds. The molecule has 7 N–H and O–H groups in total. The van der Waals surface area contributed by atoms with E-state index in [1.807, 2.05) is 0 Å². The molecule has 2 atom stereocenters. The van der Waals surface area contributed by atoms with Crippen LogP contribution >= 0.6 is 0 Å². The Labute approximate surface area is 191 Å². The predicted molar refractivity (Wildman–Crippen MR) is 122 cm³/mol. The van der Waals surface area contributed by atoms with Crippen LogP contribution in [0.25, 0.3) is 0 Å². The number of unbranched alkanes of at least 4 members (excludes halogenated alkanes) is 1. The van der Waals surface area contributed by atoms with Gasteiger partial charge in [-0.1, -0.05) is 18.6 Å². The number of ether oxygens (including phenoxy) is 3. The summed E-state index contributed by atoms with van der Waals surface area (Å²) in [5, 5.41) is 10.9. The molecule has 0 aliphatic rings. The fourth-order valence-corrected chi connectivity index (χ4v) is 2.61. The molecule has 178 valence electrons. The summed E-state index contributed by atoms with van der Waals surface area (Å²) >= 11 is 0. The van der Waals surface area contributed by atoms with Gasteiger partial charge in [0.05, 0.1) is 13.2 Å². The van der Waals surface area contributed by atoms with Gasteiger partial charge in [0.2, 0.25) is 12.2 Å². The lowest BCUT2D eigenvalue weighted by molar-refractivity contribution is -0.117. The van der Waals surface area contributed by atoms with E-state index in [1.54, 1.807) is 36.4 Å². The number of benzene rings is 1. The number of rotatable bonds is 11. The van der Waals surface area contributed by atoms with E-state index in [9.17, 15) is 9.59 Å². The number of hydrogen-bond acceptors (Lipinski definition) is 11. The minimum atomic E-state index is -0.912. The quantitative estimate of drug-likeness (QED) is 0.169. The summed E-state index contributed by atoms with van der Waals surface area (Å²) in [5.41, 5.74) is 17.9. The highest BCUT2D eigenvalue weighted by atomic mass is 16.8. The van der Waals surface area contributed by atoms with Crippen molar-refractivity contribution in [1.29, 1.82) is 0 Å². The normalized spacial score (nSPS) is 12.7. The molecule has 12 nitrogen and oxygen atoms in total. The number of azo groups is 1. The highest BCUT2D eigenvalue weighted by Crippen LogP contribution is 2.31. The van der Waals surface area contributed by atoms with Crippen molar-refractivity contribution in [2.45, 2.75) is 38.5 Å². The van der Waals surface area contributed by atoms with E-state index in [0.29, 0.717) is 24.4 Å². The SMILES string of the molecule is COC(=O)OC(C)Oc1ccccc1N=Nc1ccc(NC(=O)[C@@H](N)CCCCN)nc1N. The average molecular weight is 460 g/mol. The number of nitrogens with one attached hydrogen (secondary N) is 1. The molecular formula is C21H29N7O5. The Balaban J connectivity index is 2.05. The topological polar surface area (TPSA) is 190 Å². The van der Waals surface area contributed by atoms with Crippen molar-refractivity contribution >= 4 is 35.1 Å². The number of nitrogens with two attached hydrogens (primary N) is 3. The van der Waals surface area contributed by atoms with Crippen molar-refractivity contribution in [3.8, 4) is 5.75 Å². The van der Waals surface area contributed by atoms with E-state index in [4.69, 9.17) is 26.7 Å². The van der Waals surface area contributed by atoms with Gasteiger partial charge in [0.15, 0.2) is 11.6 Å². The van der Waals surface area contributed by atoms with Gasteiger partial charge in [-0.15, -0.1) is 10.2 Å². The van der Waals surface area contributed by atoms with Crippen molar-refractivity contribution in [3.63, 3.8) is 0 Å². The number of nitrogens with zero attached hydrogens (tertiary/aromatic N) is 3. The molecule has 0 spiro atoms. The second kappa shape index (κ2) is 12.9. The molecule has 33 heavy (non-hydrogen) atoms. The van der Waals surface area contributed by atoms with Gasteiger partial charge in [0.25, 0.3) is 0 Å². The summed E-state index contributed by atoms with van der Waals surface area (Å²) in [6.07, 6.45) is 0.306. The number of aromatic nitrogens is 1. The summed E-state index contributed by atoms with van der Waals surface area (Å²) in [5.74, 6) is 0.289. The first-order chi connectivity index (χ1) is 15.8. The van der Waals surface area contributed by atoms with E-state index >= 15 is 0 Å². The molecular weight excluding hydrogens is 430 g/mol. The fraction of sp³-hybridized carbons (Fsp3) is 0.381. The van der Waals surface area contributed by atoms with Crippen LogP contribution in [-0.2, 0) is 14.3 Å². The number of nitrogen functional groups attached to an aromatic ring is 1. The molecule has 0 bridgehead atoms. The first-order valence-electron chi connectivity index (χ1n) is 10.3. The van der Waals surface area contributed by atoms with Crippen LogP contribution in [0.15, 0.2) is 46.6 Å². The Hall–Kier alpha value is -3.77. The minimum Gasteiger partial charge on any atom is -0.453 e. The van der Waals surface area contributed by atoms with E-state index in [2.05, 4.69) is 25.3 Å². The molecule has 1 heterocycles. The van der Waals surface area contributed by atoms with Gasteiger partial charge < -0.3 is 36.7 Å². The summed E-state index contributed by atoms with van der Waals surface area (Å²) in [7, 11) is 1.20. The molecule has 0 aliphatic carbocycles. The second-order valence-electron chi connectivity index (χ2n) is 6.91. The Morgan fingerprint density at radius 3 is 2.55 bits per heavy atom. The molecule has 0 aliphatic heterocycles. The molecule has 1 unspecified atom stereocenters. The third-order valence-corrected chi connectivity index (χ3v) is 4.31. The zero-order valence-corrected chi connectivity index (χ0v) is 18.6. The zero-order chi connectivity index (χ0) is 24.2. The number of carbonyl (C=O) groups is 2. The van der Waals surface area contributed by atoms with Gasteiger partial charge >= 0.3 is 6.16 Å². The number of pyridine rings is 1. The standard InChI is InChI=1S/C21H29N7O5/c1-13(33-21(30)31-2)32-17-9-4-3-8-15(17)27-28-16-10-11-18(25-19(16)24)26-20(29)14(23)7-5-6-12-22/h3-4,8-11,13-14H,5-7,12,22-23H2,1-2H3,(H3,24,25,26,29)/t13?,14-/m0/s1. The van der Waals surface area contributed by atoms with Crippen molar-refractivity contribution in [2.75, 3.05) is 24.7 Å². The fourth-order valence-electron chi connectivity index (χ4n) is 2.61. The van der Waals surface area contributed by atoms with Crippen LogP contribution in [0, 0.1) is 0 Å². The molecule has 2 aromatic rings. The Morgan fingerprint density at radius 1 is 1.12 bits per heavy atom. The highest BCUT2D eigenvalue weighted by molar-refractivity contribution is 5.94. The monoisotopic (exact) mass is 459 g/mol. The average Bonchev–Trinajstić information content (AvgIpc) is 2.79. The largest absolute Gasteiger partial charge is 0.511 e. The van der Waals surface area contributed by atoms with Crippen LogP contribution < -0.4 is 27.3 Å². The van der Waals surface area contributed by atoms with E-state index in [-0.39, 0.29) is 23.2 Å². The third kappa shape index (κ3) is 8.35. The summed E-state index contributed by atoms with van der Waals surface area (Å²) in [4.78, 5) is 27.5. The lowest BCUT2D eigenvalue weighted by Gasteiger charge is -2.15. The molecule has 1 aromatic carbocycles. The van der Waals surface area contributed by atoms with Crippen LogP contribution in [0.4, 0.5) is 27.8 Å². The number of carbonyl (C=O) groups excluding carboxylic acids is 2. The first-order valence-corrected chi connectivity index (χ1v) is 10.3. The number of amides is 1. The van der Waals surface area contributed by atoms with Crippen LogP contribution in [0.1, 0.15) is 26.2 Å². The van der Waals surface area contributed by atoms with Gasteiger partial charge in [-0.25, -0.2) is 9.78 Å². The predicted octanol–water partition coefficient (Wildman–Crippen LogP) is 2.98. The molecule has 1 aromatic heterocycles. The maximum atomic E-state index is 12.2. The summed E-state index contributed by atoms with van der Waals surface area (Å²) < 4.78 is 14.9. The van der Waals surface area contributed by atoms with Crippen LogP contribution in [-0.4, -0.2) is 43.0 Å². The van der Waals surface area contributed by atoms with Gasteiger partial charge in [-0.05, 0) is 43.7 Å². The maximum absolute atomic E-state index is 12.2. The third-order valence-electron chi connectivity index (χ3n) is 4.31. The maximum Gasteiger partial charge on any atom is 0.511 e. The molecule has 2 rings (SSSR count). The number of methoxy groups -OCH3 is 1. The van der Waals surface area contributed by atoms with Gasteiger partial charge in [-0.2, -0.15) is 0 Å². The Morgan fingerprint density at radius 2 is 1.85 bits per heavy atom. The van der Waals surface area contributed by atoms with Crippen LogP contribution in [0.2, 0.25) is 0 Å². The molecule has 12 heteroatoms. The molecule has 0 radical (unpaired) electrons. The lowest BCUT2D eigenvalue weighted by atomic mass is 10.1. The smallest absolute Gasteiger partial charge is 0.453 e. The van der Waals surface area contributed by atoms with E-state index in [0.717, 1.165) is 12.8 Å². The van der Waals surface area contributed by atoms with Crippen molar-refractivity contribution in [3.05, 3.63) is 36.4 Å². The lowest BCUT2D eigenvalue weighted by Crippen LogP contribution is -2.35. The van der Waals surface area contributed by atoms with Crippen molar-refractivity contribution in [1.82, 2.24) is 4.98 Å². The number of anilines is 2. The van der Waals surface area contributed by atoms with Crippen LogP contribution in [0.5, 0.6) is 5.75 Å². The summed E-state index contributed by atoms with van der Waals surface area (Å²) in [6.45, 7) is 2.09. The van der Waals surface area contributed by atoms with Crippen molar-refractivity contribution < 1.29 is 23.8 Å². The van der Waals surface area contributed by atoms with E-state index in [1.165, 1.54) is 14.0 Å². The molecule has 0 saturated carbocycles. The Bertz CT molecular complexity index is 970. The zero-order valence-electron chi connectivity index (χ0n) is 18.6. The van der Waals surface area contributed by atoms with Gasteiger partial charge in [-0.3, -0.25) is 4.79 Å². The Kier molecular flexibility index (Phi) is 9.99. The first kappa shape index (κ1) is 25.5.